The van der Waals surface area contributed by atoms with Crippen molar-refractivity contribution in [2.75, 3.05) is 6.61 Å². The molecule has 20 heavy (non-hydrogen) atoms. The molecule has 0 amide bonds. The molecule has 0 aliphatic carbocycles. The number of fused-ring (bicyclic) bond motifs is 1. The Hall–Kier alpha value is -0.840. The van der Waals surface area contributed by atoms with Gasteiger partial charge in [-0.1, -0.05) is 50.1 Å². The zero-order valence-corrected chi connectivity index (χ0v) is 14.1. The minimum Gasteiger partial charge on any atom is -0.493 e. The van der Waals surface area contributed by atoms with Crippen LogP contribution in [0.4, 0.5) is 0 Å². The summed E-state index contributed by atoms with van der Waals surface area (Å²) >= 11 is 7.05. The highest BCUT2D eigenvalue weighted by Crippen LogP contribution is 2.32. The Morgan fingerprint density at radius 2 is 1.95 bits per heavy atom. The molecule has 3 rings (SSSR count). The van der Waals surface area contributed by atoms with E-state index in [0.717, 1.165) is 45.3 Å². The van der Waals surface area contributed by atoms with Gasteiger partial charge in [0.05, 0.1) is 12.6 Å². The van der Waals surface area contributed by atoms with Crippen molar-refractivity contribution in [3.63, 3.8) is 0 Å². The Morgan fingerprint density at radius 3 is 2.75 bits per heavy atom. The van der Waals surface area contributed by atoms with E-state index >= 15 is 0 Å². The molecule has 1 aliphatic rings. The largest absolute Gasteiger partial charge is 0.493 e. The molecule has 1 aliphatic heterocycles. The van der Waals surface area contributed by atoms with Gasteiger partial charge in [0.2, 0.25) is 0 Å². The standard InChI is InChI=1S/C16H15Br2NO/c17-12-4-5-13(14(18)9-12)16(19)11-3-6-15-10(8-11)2-1-7-20-15/h3-6,8-9,16H,1-2,7,19H2. The van der Waals surface area contributed by atoms with Crippen LogP contribution in [-0.4, -0.2) is 6.61 Å². The number of ether oxygens (including phenoxy) is 1. The second kappa shape index (κ2) is 5.88. The monoisotopic (exact) mass is 395 g/mol. The fourth-order valence-corrected chi connectivity index (χ4v) is 3.80. The molecule has 2 aromatic rings. The van der Waals surface area contributed by atoms with Crippen LogP contribution in [0.1, 0.15) is 29.2 Å². The van der Waals surface area contributed by atoms with E-state index in [1.165, 1.54) is 5.56 Å². The highest BCUT2D eigenvalue weighted by molar-refractivity contribution is 9.11. The fourth-order valence-electron chi connectivity index (χ4n) is 2.51. The number of hydrogen-bond acceptors (Lipinski definition) is 2. The maximum Gasteiger partial charge on any atom is 0.122 e. The van der Waals surface area contributed by atoms with Gasteiger partial charge in [-0.15, -0.1) is 0 Å². The van der Waals surface area contributed by atoms with E-state index in [1.54, 1.807) is 0 Å². The van der Waals surface area contributed by atoms with E-state index in [9.17, 15) is 0 Å². The number of rotatable bonds is 2. The van der Waals surface area contributed by atoms with E-state index < -0.39 is 0 Å². The Morgan fingerprint density at radius 1 is 1.10 bits per heavy atom. The summed E-state index contributed by atoms with van der Waals surface area (Å²) in [5.41, 5.74) is 9.89. The Labute approximate surface area is 135 Å². The highest BCUT2D eigenvalue weighted by Gasteiger charge is 2.16. The topological polar surface area (TPSA) is 35.2 Å². The molecule has 4 heteroatoms. The summed E-state index contributed by atoms with van der Waals surface area (Å²) in [6.45, 7) is 0.816. The van der Waals surface area contributed by atoms with Crippen LogP contribution in [0.5, 0.6) is 5.75 Å². The van der Waals surface area contributed by atoms with Crippen molar-refractivity contribution in [3.8, 4) is 5.75 Å². The van der Waals surface area contributed by atoms with Gasteiger partial charge in [0.15, 0.2) is 0 Å². The van der Waals surface area contributed by atoms with Crippen molar-refractivity contribution in [1.29, 1.82) is 0 Å². The summed E-state index contributed by atoms with van der Waals surface area (Å²) in [6, 6.07) is 12.2. The van der Waals surface area contributed by atoms with Crippen molar-refractivity contribution >= 4 is 31.9 Å². The Balaban J connectivity index is 1.95. The van der Waals surface area contributed by atoms with Gasteiger partial charge < -0.3 is 10.5 Å². The molecule has 0 fully saturated rings. The third-order valence-electron chi connectivity index (χ3n) is 3.59. The first-order chi connectivity index (χ1) is 9.65. The van der Waals surface area contributed by atoms with E-state index in [2.05, 4.69) is 50.1 Å². The van der Waals surface area contributed by atoms with Crippen molar-refractivity contribution in [2.24, 2.45) is 5.73 Å². The van der Waals surface area contributed by atoms with Crippen molar-refractivity contribution in [3.05, 3.63) is 62.0 Å². The lowest BCUT2D eigenvalue weighted by Crippen LogP contribution is -2.14. The van der Waals surface area contributed by atoms with E-state index in [0.29, 0.717) is 0 Å². The maximum absolute atomic E-state index is 6.41. The normalized spacial score (nSPS) is 15.3. The predicted octanol–water partition coefficient (Wildman–Crippen LogP) is 4.58. The minimum atomic E-state index is -0.135. The molecular formula is C16H15Br2NO. The molecular weight excluding hydrogens is 382 g/mol. The Bertz CT molecular complexity index is 642. The van der Waals surface area contributed by atoms with Crippen LogP contribution in [-0.2, 0) is 6.42 Å². The predicted molar refractivity (Wildman–Crippen MR) is 88.1 cm³/mol. The second-order valence-corrected chi connectivity index (χ2v) is 6.73. The van der Waals surface area contributed by atoms with E-state index in [-0.39, 0.29) is 6.04 Å². The van der Waals surface area contributed by atoms with Crippen LogP contribution in [0.25, 0.3) is 0 Å². The summed E-state index contributed by atoms with van der Waals surface area (Å²) in [4.78, 5) is 0. The molecule has 0 saturated carbocycles. The van der Waals surface area contributed by atoms with Crippen LogP contribution in [0.2, 0.25) is 0 Å². The summed E-state index contributed by atoms with van der Waals surface area (Å²) in [5, 5.41) is 0. The third kappa shape index (κ3) is 2.78. The lowest BCUT2D eigenvalue weighted by atomic mass is 9.95. The van der Waals surface area contributed by atoms with Crippen molar-refractivity contribution in [2.45, 2.75) is 18.9 Å². The first kappa shape index (κ1) is 14.1. The molecule has 104 valence electrons. The first-order valence-electron chi connectivity index (χ1n) is 6.61. The summed E-state index contributed by atoms with van der Waals surface area (Å²) in [7, 11) is 0. The molecule has 2 N–H and O–H groups in total. The molecule has 0 bridgehead atoms. The van der Waals surface area contributed by atoms with Gasteiger partial charge in [-0.05, 0) is 47.7 Å². The van der Waals surface area contributed by atoms with Gasteiger partial charge in [0.1, 0.15) is 5.75 Å². The van der Waals surface area contributed by atoms with Crippen molar-refractivity contribution in [1.82, 2.24) is 0 Å². The van der Waals surface area contributed by atoms with Crippen LogP contribution in [0.3, 0.4) is 0 Å². The van der Waals surface area contributed by atoms with Gasteiger partial charge >= 0.3 is 0 Å². The minimum absolute atomic E-state index is 0.135. The molecule has 1 unspecified atom stereocenters. The van der Waals surface area contributed by atoms with Gasteiger partial charge in [-0.2, -0.15) is 0 Å². The summed E-state index contributed by atoms with van der Waals surface area (Å²) in [6.07, 6.45) is 2.14. The molecule has 2 aromatic carbocycles. The number of aryl methyl sites for hydroxylation is 1. The van der Waals surface area contributed by atoms with Crippen LogP contribution < -0.4 is 10.5 Å². The fraction of sp³-hybridized carbons (Fsp3) is 0.250. The summed E-state index contributed by atoms with van der Waals surface area (Å²) in [5.74, 6) is 1.00. The number of halogens is 2. The Kier molecular flexibility index (Phi) is 4.15. The lowest BCUT2D eigenvalue weighted by molar-refractivity contribution is 0.288. The molecule has 1 heterocycles. The molecule has 2 nitrogen and oxygen atoms in total. The first-order valence-corrected chi connectivity index (χ1v) is 8.20. The number of benzene rings is 2. The van der Waals surface area contributed by atoms with Gasteiger partial charge in [0, 0.05) is 8.95 Å². The average Bonchev–Trinajstić information content (AvgIpc) is 2.46. The SMILES string of the molecule is NC(c1ccc2c(c1)CCCO2)c1ccc(Br)cc1Br. The van der Waals surface area contributed by atoms with Crippen LogP contribution >= 0.6 is 31.9 Å². The van der Waals surface area contributed by atoms with Crippen LogP contribution in [0, 0.1) is 0 Å². The average molecular weight is 397 g/mol. The quantitative estimate of drug-likeness (QED) is 0.805. The molecule has 1 atom stereocenters. The molecule has 0 radical (unpaired) electrons. The van der Waals surface area contributed by atoms with E-state index in [4.69, 9.17) is 10.5 Å². The highest BCUT2D eigenvalue weighted by atomic mass is 79.9. The summed E-state index contributed by atoms with van der Waals surface area (Å²) < 4.78 is 7.71. The molecule has 0 saturated heterocycles. The van der Waals surface area contributed by atoms with Gasteiger partial charge in [-0.25, -0.2) is 0 Å². The van der Waals surface area contributed by atoms with Crippen molar-refractivity contribution < 1.29 is 4.74 Å². The maximum atomic E-state index is 6.41. The zero-order chi connectivity index (χ0) is 14.1. The second-order valence-electron chi connectivity index (χ2n) is 4.96. The molecule has 0 spiro atoms. The third-order valence-corrected chi connectivity index (χ3v) is 4.77. The number of nitrogens with two attached hydrogens (primary N) is 1. The number of hydrogen-bond donors (Lipinski definition) is 1. The van der Waals surface area contributed by atoms with Crippen LogP contribution in [0.15, 0.2) is 45.3 Å². The lowest BCUT2D eigenvalue weighted by Gasteiger charge is -2.20. The smallest absolute Gasteiger partial charge is 0.122 e. The van der Waals surface area contributed by atoms with Gasteiger partial charge in [-0.3, -0.25) is 0 Å². The van der Waals surface area contributed by atoms with Gasteiger partial charge in [0.25, 0.3) is 0 Å². The zero-order valence-electron chi connectivity index (χ0n) is 10.9. The van der Waals surface area contributed by atoms with E-state index in [1.807, 2.05) is 18.2 Å². The molecule has 0 aromatic heterocycles.